The fraction of sp³-hybridized carbons (Fsp3) is 0.154. The Morgan fingerprint density at radius 1 is 1.00 bits per heavy atom. The number of carbonyl (C=O) groups is 1. The standard InChI is InChI=1S/C26H25N3O4/c1-18-7-8-19(2)29(18)21-9-11-22(12-10-21)32-17-24-13-14-25(33-24)26(30)28-27-16-20-5-4-6-23(15-20)31-3/h4-16H,17H2,1-3H3,(H,28,30). The van der Waals surface area contributed by atoms with E-state index in [1.807, 2.05) is 48.5 Å². The number of aromatic nitrogens is 1. The Hall–Kier alpha value is -4.26. The van der Waals surface area contributed by atoms with Crippen molar-refractivity contribution in [3.05, 3.63) is 101 Å². The Morgan fingerprint density at radius 3 is 2.48 bits per heavy atom. The fourth-order valence-corrected chi connectivity index (χ4v) is 3.44. The van der Waals surface area contributed by atoms with E-state index in [0.717, 1.165) is 11.3 Å². The Morgan fingerprint density at radius 2 is 1.76 bits per heavy atom. The van der Waals surface area contributed by atoms with E-state index in [0.29, 0.717) is 17.3 Å². The van der Waals surface area contributed by atoms with E-state index in [2.05, 4.69) is 41.1 Å². The number of benzene rings is 2. The molecule has 7 nitrogen and oxygen atoms in total. The molecule has 33 heavy (non-hydrogen) atoms. The van der Waals surface area contributed by atoms with Crippen molar-refractivity contribution in [1.29, 1.82) is 0 Å². The van der Waals surface area contributed by atoms with E-state index in [-0.39, 0.29) is 12.4 Å². The number of amides is 1. The van der Waals surface area contributed by atoms with Gasteiger partial charge in [0.25, 0.3) is 0 Å². The third kappa shape index (κ3) is 5.33. The Balaban J connectivity index is 1.31. The lowest BCUT2D eigenvalue weighted by Crippen LogP contribution is -2.16. The van der Waals surface area contributed by atoms with Crippen molar-refractivity contribution in [2.24, 2.45) is 5.10 Å². The van der Waals surface area contributed by atoms with Gasteiger partial charge in [0.2, 0.25) is 0 Å². The van der Waals surface area contributed by atoms with Crippen LogP contribution in [-0.4, -0.2) is 23.8 Å². The van der Waals surface area contributed by atoms with Gasteiger partial charge in [0.15, 0.2) is 5.76 Å². The van der Waals surface area contributed by atoms with Crippen LogP contribution in [-0.2, 0) is 6.61 Å². The van der Waals surface area contributed by atoms with E-state index >= 15 is 0 Å². The highest BCUT2D eigenvalue weighted by Crippen LogP contribution is 2.21. The third-order valence-corrected chi connectivity index (χ3v) is 5.11. The maximum absolute atomic E-state index is 12.3. The molecule has 0 unspecified atom stereocenters. The second-order valence-electron chi connectivity index (χ2n) is 7.48. The van der Waals surface area contributed by atoms with Gasteiger partial charge < -0.3 is 18.5 Å². The number of ether oxygens (including phenoxy) is 2. The van der Waals surface area contributed by atoms with Crippen LogP contribution in [0.3, 0.4) is 0 Å². The van der Waals surface area contributed by atoms with Gasteiger partial charge in [-0.2, -0.15) is 5.10 Å². The number of methoxy groups -OCH3 is 1. The molecule has 0 aliphatic rings. The minimum absolute atomic E-state index is 0.158. The summed E-state index contributed by atoms with van der Waals surface area (Å²) < 4.78 is 18.7. The van der Waals surface area contributed by atoms with Gasteiger partial charge in [0.1, 0.15) is 23.9 Å². The van der Waals surface area contributed by atoms with Crippen LogP contribution in [0.15, 0.2) is 82.3 Å². The molecule has 0 spiro atoms. The fourth-order valence-electron chi connectivity index (χ4n) is 3.44. The van der Waals surface area contributed by atoms with E-state index in [1.165, 1.54) is 17.6 Å². The van der Waals surface area contributed by atoms with Crippen molar-refractivity contribution in [3.63, 3.8) is 0 Å². The average molecular weight is 444 g/mol. The smallest absolute Gasteiger partial charge is 0.307 e. The van der Waals surface area contributed by atoms with E-state index < -0.39 is 5.91 Å². The predicted octanol–water partition coefficient (Wildman–Crippen LogP) is 5.04. The molecule has 4 rings (SSSR count). The second-order valence-corrected chi connectivity index (χ2v) is 7.48. The van der Waals surface area contributed by atoms with Crippen LogP contribution in [0, 0.1) is 13.8 Å². The molecule has 7 heteroatoms. The number of nitrogens with zero attached hydrogens (tertiary/aromatic N) is 2. The Kier molecular flexibility index (Phi) is 6.59. The van der Waals surface area contributed by atoms with Crippen LogP contribution >= 0.6 is 0 Å². The Bertz CT molecular complexity index is 1250. The number of rotatable bonds is 8. The molecular weight excluding hydrogens is 418 g/mol. The zero-order valence-electron chi connectivity index (χ0n) is 18.7. The van der Waals surface area contributed by atoms with Crippen LogP contribution in [0.5, 0.6) is 11.5 Å². The average Bonchev–Trinajstić information content (AvgIpc) is 3.44. The van der Waals surface area contributed by atoms with Crippen molar-refractivity contribution in [2.75, 3.05) is 7.11 Å². The second kappa shape index (κ2) is 9.91. The van der Waals surface area contributed by atoms with Gasteiger partial charge >= 0.3 is 5.91 Å². The van der Waals surface area contributed by atoms with Crippen LogP contribution in [0.1, 0.15) is 33.3 Å². The van der Waals surface area contributed by atoms with Gasteiger partial charge in [-0.3, -0.25) is 4.79 Å². The molecular formula is C26H25N3O4. The number of carbonyl (C=O) groups excluding carboxylic acids is 1. The molecule has 2 aromatic carbocycles. The highest BCUT2D eigenvalue weighted by molar-refractivity contribution is 5.92. The lowest BCUT2D eigenvalue weighted by molar-refractivity contribution is 0.0923. The first-order valence-corrected chi connectivity index (χ1v) is 10.5. The SMILES string of the molecule is COc1cccc(C=NNC(=O)c2ccc(COc3ccc(-n4c(C)ccc4C)cc3)o2)c1. The van der Waals surface area contributed by atoms with Gasteiger partial charge in [-0.15, -0.1) is 0 Å². The zero-order chi connectivity index (χ0) is 23.2. The molecule has 4 aromatic rings. The summed E-state index contributed by atoms with van der Waals surface area (Å²) in [5.41, 5.74) is 6.69. The van der Waals surface area contributed by atoms with Crippen molar-refractivity contribution in [3.8, 4) is 17.2 Å². The van der Waals surface area contributed by atoms with Gasteiger partial charge in [0.05, 0.1) is 13.3 Å². The molecule has 0 radical (unpaired) electrons. The number of hydrogen-bond acceptors (Lipinski definition) is 5. The van der Waals surface area contributed by atoms with Crippen molar-refractivity contribution >= 4 is 12.1 Å². The Labute approximate surface area is 192 Å². The van der Waals surface area contributed by atoms with E-state index in [4.69, 9.17) is 13.9 Å². The van der Waals surface area contributed by atoms with E-state index in [9.17, 15) is 4.79 Å². The molecule has 0 aliphatic carbocycles. The number of furan rings is 1. The summed E-state index contributed by atoms with van der Waals surface area (Å²) in [6, 6.07) is 22.7. The summed E-state index contributed by atoms with van der Waals surface area (Å²) in [4.78, 5) is 12.3. The van der Waals surface area contributed by atoms with Crippen molar-refractivity contribution in [2.45, 2.75) is 20.5 Å². The van der Waals surface area contributed by atoms with Gasteiger partial charge in [-0.1, -0.05) is 12.1 Å². The molecule has 0 saturated heterocycles. The summed E-state index contributed by atoms with van der Waals surface area (Å²) >= 11 is 0. The van der Waals surface area contributed by atoms with Crippen LogP contribution < -0.4 is 14.9 Å². The summed E-state index contributed by atoms with van der Waals surface area (Å²) in [7, 11) is 1.59. The molecule has 2 aromatic heterocycles. The largest absolute Gasteiger partial charge is 0.497 e. The minimum Gasteiger partial charge on any atom is -0.497 e. The van der Waals surface area contributed by atoms with Gasteiger partial charge in [-0.25, -0.2) is 5.43 Å². The molecule has 2 heterocycles. The molecule has 168 valence electrons. The molecule has 0 aliphatic heterocycles. The lowest BCUT2D eigenvalue weighted by Gasteiger charge is -2.10. The molecule has 1 N–H and O–H groups in total. The first-order valence-electron chi connectivity index (χ1n) is 10.5. The van der Waals surface area contributed by atoms with Gasteiger partial charge in [0, 0.05) is 17.1 Å². The first kappa shape index (κ1) is 22.0. The van der Waals surface area contributed by atoms with Crippen molar-refractivity contribution < 1.29 is 18.7 Å². The molecule has 0 saturated carbocycles. The molecule has 0 atom stereocenters. The normalized spacial score (nSPS) is 11.0. The number of hydrazone groups is 1. The highest BCUT2D eigenvalue weighted by Gasteiger charge is 2.11. The summed E-state index contributed by atoms with van der Waals surface area (Å²) in [6.07, 6.45) is 1.54. The highest BCUT2D eigenvalue weighted by atomic mass is 16.5. The lowest BCUT2D eigenvalue weighted by atomic mass is 10.2. The topological polar surface area (TPSA) is 78.0 Å². The molecule has 0 fully saturated rings. The molecule has 1 amide bonds. The number of aryl methyl sites for hydroxylation is 2. The van der Waals surface area contributed by atoms with Crippen LogP contribution in [0.2, 0.25) is 0 Å². The summed E-state index contributed by atoms with van der Waals surface area (Å²) in [6.45, 7) is 4.36. The zero-order valence-corrected chi connectivity index (χ0v) is 18.7. The third-order valence-electron chi connectivity index (χ3n) is 5.11. The van der Waals surface area contributed by atoms with Crippen LogP contribution in [0.4, 0.5) is 0 Å². The quantitative estimate of drug-likeness (QED) is 0.306. The van der Waals surface area contributed by atoms with Crippen molar-refractivity contribution in [1.82, 2.24) is 9.99 Å². The molecule has 0 bridgehead atoms. The van der Waals surface area contributed by atoms with Gasteiger partial charge in [-0.05, 0) is 80.1 Å². The van der Waals surface area contributed by atoms with Crippen LogP contribution in [0.25, 0.3) is 5.69 Å². The number of hydrogen-bond donors (Lipinski definition) is 1. The monoisotopic (exact) mass is 443 g/mol. The predicted molar refractivity (Wildman–Crippen MR) is 126 cm³/mol. The first-order chi connectivity index (χ1) is 16.0. The number of nitrogens with one attached hydrogen (secondary N) is 1. The minimum atomic E-state index is -0.442. The summed E-state index contributed by atoms with van der Waals surface area (Å²) in [5.74, 6) is 1.68. The van der Waals surface area contributed by atoms with E-state index in [1.54, 1.807) is 19.2 Å². The summed E-state index contributed by atoms with van der Waals surface area (Å²) in [5, 5.41) is 3.96. The maximum Gasteiger partial charge on any atom is 0.307 e. The maximum atomic E-state index is 12.3.